The number of hydrogen-bond donors (Lipinski definition) is 3. The number of hydrogen-bond acceptors (Lipinski definition) is 8. The van der Waals surface area contributed by atoms with Crippen LogP contribution in [0.5, 0.6) is 0 Å². The summed E-state index contributed by atoms with van der Waals surface area (Å²) in [5.41, 5.74) is 7.50. The molecule has 1 unspecified atom stereocenters. The lowest BCUT2D eigenvalue weighted by Crippen LogP contribution is -2.28. The van der Waals surface area contributed by atoms with Gasteiger partial charge in [-0.2, -0.15) is 4.98 Å². The van der Waals surface area contributed by atoms with E-state index in [1.54, 1.807) is 0 Å². The molecule has 0 aliphatic carbocycles. The van der Waals surface area contributed by atoms with Crippen LogP contribution in [0, 0.1) is 0 Å². The molecule has 1 amide bonds. The average Bonchev–Trinajstić information content (AvgIpc) is 2.85. The molecule has 0 saturated carbocycles. The summed E-state index contributed by atoms with van der Waals surface area (Å²) < 4.78 is 22.5. The Morgan fingerprint density at radius 1 is 1.71 bits per heavy atom. The third kappa shape index (κ3) is 3.83. The van der Waals surface area contributed by atoms with E-state index in [9.17, 15) is 14.2 Å². The molecule has 5 N–H and O–H groups in total. The van der Waals surface area contributed by atoms with E-state index in [1.165, 1.54) is 28.6 Å². The fourth-order valence-corrected chi connectivity index (χ4v) is 3.10. The van der Waals surface area contributed by atoms with Crippen molar-refractivity contribution in [2.45, 2.75) is 11.7 Å². The van der Waals surface area contributed by atoms with Crippen molar-refractivity contribution in [2.75, 3.05) is 18.1 Å². The molecule has 0 spiro atoms. The van der Waals surface area contributed by atoms with Crippen LogP contribution in [0.2, 0.25) is 0 Å². The molecule has 1 aliphatic rings. The standard InChI is InChI=1S/C9H13N4O6PS/c10-5-1-2-13(9(15)12-5)6-4-21-7(19-6)3-18-20(16,17)8(11)14/h1-2,6-7H,3-4H2,(H2,11,14)(H,16,17)(H2,10,12,15)/t6-,7+/m1/s1. The summed E-state index contributed by atoms with van der Waals surface area (Å²) in [5.74, 6) is 0.510. The number of ether oxygens (including phenoxy) is 1. The van der Waals surface area contributed by atoms with E-state index in [2.05, 4.69) is 9.51 Å². The minimum absolute atomic E-state index is 0.101. The number of nitrogens with zero attached hydrogens (tertiary/aromatic N) is 2. The topological polar surface area (TPSA) is 160 Å². The third-order valence-electron chi connectivity index (χ3n) is 2.56. The molecule has 21 heavy (non-hydrogen) atoms. The van der Waals surface area contributed by atoms with Crippen molar-refractivity contribution < 1.29 is 23.5 Å². The van der Waals surface area contributed by atoms with Crippen LogP contribution in [0.3, 0.4) is 0 Å². The van der Waals surface area contributed by atoms with Gasteiger partial charge in [-0.1, -0.05) is 0 Å². The number of primary amides is 1. The van der Waals surface area contributed by atoms with E-state index in [-0.39, 0.29) is 12.4 Å². The van der Waals surface area contributed by atoms with Crippen LogP contribution in [0.15, 0.2) is 17.1 Å². The summed E-state index contributed by atoms with van der Waals surface area (Å²) in [7, 11) is -4.48. The normalized spacial score (nSPS) is 24.6. The fraction of sp³-hybridized carbons (Fsp3) is 0.444. The maximum atomic E-state index is 11.6. The Hall–Kier alpha value is -1.39. The van der Waals surface area contributed by atoms with Crippen molar-refractivity contribution in [1.29, 1.82) is 0 Å². The van der Waals surface area contributed by atoms with Crippen LogP contribution >= 0.6 is 19.4 Å². The van der Waals surface area contributed by atoms with Gasteiger partial charge in [0.15, 0.2) is 0 Å². The second-order valence-corrected chi connectivity index (χ2v) is 6.98. The zero-order valence-corrected chi connectivity index (χ0v) is 12.3. The number of nitrogens with two attached hydrogens (primary N) is 2. The van der Waals surface area contributed by atoms with Crippen LogP contribution in [-0.2, 0) is 13.8 Å². The first-order valence-corrected chi connectivity index (χ1v) is 8.31. The van der Waals surface area contributed by atoms with Crippen LogP contribution in [0.25, 0.3) is 0 Å². The minimum atomic E-state index is -4.48. The molecule has 1 saturated heterocycles. The Morgan fingerprint density at radius 2 is 2.43 bits per heavy atom. The van der Waals surface area contributed by atoms with E-state index < -0.39 is 30.6 Å². The van der Waals surface area contributed by atoms with Crippen molar-refractivity contribution in [3.8, 4) is 0 Å². The molecule has 3 atom stereocenters. The molecule has 2 heterocycles. The SMILES string of the molecule is NC(=O)P(=O)(O)OC[C@H]1O[C@@H](n2ccc(N)nc2=O)CS1. The van der Waals surface area contributed by atoms with Crippen LogP contribution in [-0.4, -0.2) is 37.9 Å². The highest BCUT2D eigenvalue weighted by atomic mass is 32.2. The summed E-state index contributed by atoms with van der Waals surface area (Å²) in [6.45, 7) is -0.310. The predicted molar refractivity (Wildman–Crippen MR) is 74.6 cm³/mol. The maximum Gasteiger partial charge on any atom is 0.415 e. The molecule has 1 aromatic rings. The van der Waals surface area contributed by atoms with Gasteiger partial charge in [-0.05, 0) is 6.07 Å². The molecular formula is C9H13N4O6PS. The van der Waals surface area contributed by atoms with Crippen molar-refractivity contribution >= 4 is 30.8 Å². The summed E-state index contributed by atoms with van der Waals surface area (Å²) in [5, 5.41) is 0. The lowest BCUT2D eigenvalue weighted by Gasteiger charge is -2.15. The summed E-state index contributed by atoms with van der Waals surface area (Å²) >= 11 is 1.26. The Labute approximate surface area is 123 Å². The second-order valence-electron chi connectivity index (χ2n) is 4.05. The number of amides is 1. The van der Waals surface area contributed by atoms with Gasteiger partial charge in [0, 0.05) is 11.9 Å². The molecule has 2 rings (SSSR count). The summed E-state index contributed by atoms with van der Waals surface area (Å²) in [6.07, 6.45) is 0.843. The molecule has 116 valence electrons. The average molecular weight is 336 g/mol. The smallest absolute Gasteiger partial charge is 0.383 e. The van der Waals surface area contributed by atoms with Gasteiger partial charge in [0.05, 0.1) is 6.61 Å². The Balaban J connectivity index is 1.96. The fourth-order valence-electron chi connectivity index (χ4n) is 1.55. The first-order valence-electron chi connectivity index (χ1n) is 5.68. The molecule has 0 bridgehead atoms. The maximum absolute atomic E-state index is 11.6. The van der Waals surface area contributed by atoms with E-state index in [0.29, 0.717) is 5.75 Å². The van der Waals surface area contributed by atoms with Crippen molar-refractivity contribution in [3.05, 3.63) is 22.7 Å². The van der Waals surface area contributed by atoms with Crippen molar-refractivity contribution in [3.63, 3.8) is 0 Å². The highest BCUT2D eigenvalue weighted by Gasteiger charge is 2.33. The first kappa shape index (κ1) is 16.0. The van der Waals surface area contributed by atoms with Crippen molar-refractivity contribution in [2.24, 2.45) is 5.73 Å². The molecule has 10 nitrogen and oxygen atoms in total. The Bertz CT molecular complexity index is 651. The van der Waals surface area contributed by atoms with Crippen LogP contribution < -0.4 is 17.2 Å². The molecule has 1 fully saturated rings. The molecule has 0 radical (unpaired) electrons. The van der Waals surface area contributed by atoms with E-state index in [0.717, 1.165) is 0 Å². The second kappa shape index (κ2) is 6.16. The molecular weight excluding hydrogens is 323 g/mol. The van der Waals surface area contributed by atoms with Gasteiger partial charge in [0.1, 0.15) is 17.5 Å². The van der Waals surface area contributed by atoms with Crippen LogP contribution in [0.1, 0.15) is 6.23 Å². The number of thioether (sulfide) groups is 1. The first-order chi connectivity index (χ1) is 9.79. The Kier molecular flexibility index (Phi) is 4.69. The van der Waals surface area contributed by atoms with Crippen molar-refractivity contribution in [1.82, 2.24) is 9.55 Å². The molecule has 12 heteroatoms. The van der Waals surface area contributed by atoms with Gasteiger partial charge in [-0.25, -0.2) is 9.36 Å². The minimum Gasteiger partial charge on any atom is -0.383 e. The van der Waals surface area contributed by atoms with Crippen LogP contribution in [0.4, 0.5) is 10.6 Å². The number of carbonyl (C=O) groups is 1. The van der Waals surface area contributed by atoms with Gasteiger partial charge in [-0.15, -0.1) is 11.8 Å². The summed E-state index contributed by atoms with van der Waals surface area (Å²) in [4.78, 5) is 35.0. The lowest BCUT2D eigenvalue weighted by atomic mass is 10.5. The highest BCUT2D eigenvalue weighted by molar-refractivity contribution is 8.00. The van der Waals surface area contributed by atoms with E-state index in [4.69, 9.17) is 21.1 Å². The monoisotopic (exact) mass is 336 g/mol. The van der Waals surface area contributed by atoms with E-state index in [1.807, 2.05) is 0 Å². The zero-order chi connectivity index (χ0) is 15.6. The lowest BCUT2D eigenvalue weighted by molar-refractivity contribution is -0.00311. The van der Waals surface area contributed by atoms with Gasteiger partial charge in [0.25, 0.3) is 0 Å². The molecule has 1 aliphatic heterocycles. The summed E-state index contributed by atoms with van der Waals surface area (Å²) in [6, 6.07) is 1.45. The predicted octanol–water partition coefficient (Wildman–Crippen LogP) is -0.306. The third-order valence-corrected chi connectivity index (χ3v) is 4.71. The highest BCUT2D eigenvalue weighted by Crippen LogP contribution is 2.43. The number of aromatic nitrogens is 2. The number of carbonyl (C=O) groups excluding carboxylic acids is 1. The molecule has 0 aromatic carbocycles. The van der Waals surface area contributed by atoms with Gasteiger partial charge >= 0.3 is 18.9 Å². The Morgan fingerprint density at radius 3 is 3.05 bits per heavy atom. The van der Waals surface area contributed by atoms with Gasteiger partial charge in [0.2, 0.25) is 0 Å². The largest absolute Gasteiger partial charge is 0.415 e. The van der Waals surface area contributed by atoms with Gasteiger partial charge in [-0.3, -0.25) is 13.9 Å². The van der Waals surface area contributed by atoms with E-state index >= 15 is 0 Å². The van der Waals surface area contributed by atoms with Gasteiger partial charge < -0.3 is 21.1 Å². The quantitative estimate of drug-likeness (QED) is 0.613. The zero-order valence-electron chi connectivity index (χ0n) is 10.6. The molecule has 1 aromatic heterocycles. The number of anilines is 1. The number of nitrogen functional groups attached to an aromatic ring is 1. The number of rotatable bonds is 5.